The molecule has 1 aliphatic heterocycles. The summed E-state index contributed by atoms with van der Waals surface area (Å²) in [5, 5.41) is 11.9. The third-order valence-electron chi connectivity index (χ3n) is 2.99. The van der Waals surface area contributed by atoms with Crippen LogP contribution in [-0.4, -0.2) is 36.9 Å². The lowest BCUT2D eigenvalue weighted by Gasteiger charge is -2.19. The van der Waals surface area contributed by atoms with Crippen molar-refractivity contribution in [2.45, 2.75) is 25.8 Å². The Morgan fingerprint density at radius 1 is 1.37 bits per heavy atom. The summed E-state index contributed by atoms with van der Waals surface area (Å²) in [6.45, 7) is 3.80. The van der Waals surface area contributed by atoms with E-state index in [2.05, 4.69) is 5.32 Å². The maximum atomic E-state index is 10.5. The predicted molar refractivity (Wildman–Crippen MR) is 70.9 cm³/mol. The van der Waals surface area contributed by atoms with Gasteiger partial charge in [0.1, 0.15) is 13.2 Å². The number of aliphatic carboxylic acids is 1. The van der Waals surface area contributed by atoms with Crippen LogP contribution < -0.4 is 14.8 Å². The standard InChI is InChI=1S/C14H19NO4/c1-10(8-14(16)17)15-5-4-11-2-3-12-13(9-11)19-7-6-18-12/h2-3,9-10,15H,4-8H2,1H3,(H,16,17). The highest BCUT2D eigenvalue weighted by Gasteiger charge is 2.12. The number of carboxylic acids is 1. The number of nitrogens with one attached hydrogen (secondary N) is 1. The number of ether oxygens (including phenoxy) is 2. The SMILES string of the molecule is CC(CC(=O)O)NCCc1ccc2c(c1)OCCO2. The molecule has 0 spiro atoms. The Kier molecular flexibility index (Phi) is 4.63. The molecule has 5 heteroatoms. The van der Waals surface area contributed by atoms with Crippen molar-refractivity contribution in [3.63, 3.8) is 0 Å². The van der Waals surface area contributed by atoms with Gasteiger partial charge >= 0.3 is 5.97 Å². The Balaban J connectivity index is 1.81. The number of rotatable bonds is 6. The zero-order valence-corrected chi connectivity index (χ0v) is 11.0. The molecule has 0 saturated heterocycles. The van der Waals surface area contributed by atoms with Crippen molar-refractivity contribution < 1.29 is 19.4 Å². The molecule has 1 aromatic carbocycles. The largest absolute Gasteiger partial charge is 0.486 e. The van der Waals surface area contributed by atoms with E-state index in [1.54, 1.807) is 0 Å². The normalized spacial score (nSPS) is 15.0. The Bertz CT molecular complexity index is 447. The monoisotopic (exact) mass is 265 g/mol. The maximum absolute atomic E-state index is 10.5. The first-order valence-corrected chi connectivity index (χ1v) is 6.49. The van der Waals surface area contributed by atoms with Crippen LogP contribution in [0.4, 0.5) is 0 Å². The van der Waals surface area contributed by atoms with E-state index in [1.807, 2.05) is 25.1 Å². The minimum Gasteiger partial charge on any atom is -0.486 e. The fourth-order valence-electron chi connectivity index (χ4n) is 2.04. The van der Waals surface area contributed by atoms with Gasteiger partial charge in [0, 0.05) is 6.04 Å². The number of hydrogen-bond acceptors (Lipinski definition) is 4. The summed E-state index contributed by atoms with van der Waals surface area (Å²) in [6.07, 6.45) is 0.974. The molecule has 1 aromatic rings. The second-order valence-corrected chi connectivity index (χ2v) is 4.68. The van der Waals surface area contributed by atoms with Crippen molar-refractivity contribution in [2.24, 2.45) is 0 Å². The van der Waals surface area contributed by atoms with E-state index in [1.165, 1.54) is 0 Å². The van der Waals surface area contributed by atoms with Crippen LogP contribution in [0.5, 0.6) is 11.5 Å². The molecule has 2 N–H and O–H groups in total. The topological polar surface area (TPSA) is 67.8 Å². The molecule has 0 bridgehead atoms. The highest BCUT2D eigenvalue weighted by Crippen LogP contribution is 2.30. The smallest absolute Gasteiger partial charge is 0.304 e. The molecule has 1 unspecified atom stereocenters. The summed E-state index contributed by atoms with van der Waals surface area (Å²) in [4.78, 5) is 10.5. The highest BCUT2D eigenvalue weighted by molar-refractivity contribution is 5.67. The molecule has 1 heterocycles. The van der Waals surface area contributed by atoms with Crippen molar-refractivity contribution in [2.75, 3.05) is 19.8 Å². The molecule has 5 nitrogen and oxygen atoms in total. The number of hydrogen-bond donors (Lipinski definition) is 2. The minimum atomic E-state index is -0.778. The van der Waals surface area contributed by atoms with Crippen LogP contribution in [0.25, 0.3) is 0 Å². The lowest BCUT2D eigenvalue weighted by Crippen LogP contribution is -2.30. The quantitative estimate of drug-likeness (QED) is 0.815. The average Bonchev–Trinajstić information content (AvgIpc) is 2.37. The molecule has 104 valence electrons. The van der Waals surface area contributed by atoms with Crippen molar-refractivity contribution in [3.8, 4) is 11.5 Å². The van der Waals surface area contributed by atoms with E-state index in [0.29, 0.717) is 13.2 Å². The summed E-state index contributed by atoms with van der Waals surface area (Å²) in [5.41, 5.74) is 1.15. The minimum absolute atomic E-state index is 0.0188. The Morgan fingerprint density at radius 3 is 2.84 bits per heavy atom. The summed E-state index contributed by atoms with van der Waals surface area (Å²) in [7, 11) is 0. The van der Waals surface area contributed by atoms with Crippen LogP contribution in [-0.2, 0) is 11.2 Å². The van der Waals surface area contributed by atoms with Gasteiger partial charge in [-0.15, -0.1) is 0 Å². The van der Waals surface area contributed by atoms with E-state index in [-0.39, 0.29) is 12.5 Å². The summed E-state index contributed by atoms with van der Waals surface area (Å²) in [5.74, 6) is 0.809. The molecule has 0 aliphatic carbocycles. The van der Waals surface area contributed by atoms with Gasteiger partial charge < -0.3 is 19.9 Å². The van der Waals surface area contributed by atoms with Crippen LogP contribution in [0, 0.1) is 0 Å². The van der Waals surface area contributed by atoms with Gasteiger partial charge in [-0.1, -0.05) is 6.07 Å². The maximum Gasteiger partial charge on any atom is 0.304 e. The third-order valence-corrected chi connectivity index (χ3v) is 2.99. The molecular formula is C14H19NO4. The lowest BCUT2D eigenvalue weighted by atomic mass is 10.1. The number of fused-ring (bicyclic) bond motifs is 1. The van der Waals surface area contributed by atoms with Crippen LogP contribution in [0.15, 0.2) is 18.2 Å². The molecule has 0 saturated carbocycles. The number of carboxylic acid groups (broad SMARTS) is 1. The molecule has 19 heavy (non-hydrogen) atoms. The Morgan fingerprint density at radius 2 is 2.11 bits per heavy atom. The van der Waals surface area contributed by atoms with E-state index in [9.17, 15) is 4.79 Å². The first kappa shape index (κ1) is 13.7. The molecule has 0 aromatic heterocycles. The first-order valence-electron chi connectivity index (χ1n) is 6.49. The fourth-order valence-corrected chi connectivity index (χ4v) is 2.04. The van der Waals surface area contributed by atoms with Crippen LogP contribution >= 0.6 is 0 Å². The predicted octanol–water partition coefficient (Wildman–Crippen LogP) is 1.45. The van der Waals surface area contributed by atoms with E-state index < -0.39 is 5.97 Å². The fraction of sp³-hybridized carbons (Fsp3) is 0.500. The van der Waals surface area contributed by atoms with Crippen LogP contribution in [0.1, 0.15) is 18.9 Å². The lowest BCUT2D eigenvalue weighted by molar-refractivity contribution is -0.137. The first-order chi connectivity index (χ1) is 9.15. The molecule has 0 amide bonds. The third kappa shape index (κ3) is 4.13. The van der Waals surface area contributed by atoms with Crippen molar-refractivity contribution >= 4 is 5.97 Å². The average molecular weight is 265 g/mol. The molecule has 0 radical (unpaired) electrons. The number of benzene rings is 1. The van der Waals surface area contributed by atoms with Gasteiger partial charge in [0.15, 0.2) is 11.5 Å². The second kappa shape index (κ2) is 6.43. The van der Waals surface area contributed by atoms with Crippen LogP contribution in [0.2, 0.25) is 0 Å². The van der Waals surface area contributed by atoms with Crippen LogP contribution in [0.3, 0.4) is 0 Å². The van der Waals surface area contributed by atoms with E-state index >= 15 is 0 Å². The molecule has 1 atom stereocenters. The Hall–Kier alpha value is -1.75. The van der Waals surface area contributed by atoms with Gasteiger partial charge in [0.05, 0.1) is 6.42 Å². The molecule has 2 rings (SSSR count). The summed E-state index contributed by atoms with van der Waals surface area (Å²) in [6, 6.07) is 5.90. The Labute approximate surface area is 112 Å². The molecule has 0 fully saturated rings. The zero-order chi connectivity index (χ0) is 13.7. The van der Waals surface area contributed by atoms with Crippen molar-refractivity contribution in [1.82, 2.24) is 5.32 Å². The zero-order valence-electron chi connectivity index (χ0n) is 11.0. The van der Waals surface area contributed by atoms with Gasteiger partial charge in [-0.25, -0.2) is 0 Å². The van der Waals surface area contributed by atoms with Gasteiger partial charge in [0.25, 0.3) is 0 Å². The second-order valence-electron chi connectivity index (χ2n) is 4.68. The summed E-state index contributed by atoms with van der Waals surface area (Å²) < 4.78 is 11.0. The van der Waals surface area contributed by atoms with Crippen molar-refractivity contribution in [1.29, 1.82) is 0 Å². The van der Waals surface area contributed by atoms with E-state index in [4.69, 9.17) is 14.6 Å². The molecule has 1 aliphatic rings. The van der Waals surface area contributed by atoms with Crippen molar-refractivity contribution in [3.05, 3.63) is 23.8 Å². The van der Waals surface area contributed by atoms with E-state index in [0.717, 1.165) is 30.0 Å². The van der Waals surface area contributed by atoms with Gasteiger partial charge in [-0.3, -0.25) is 4.79 Å². The summed E-state index contributed by atoms with van der Waals surface area (Å²) >= 11 is 0. The molecular weight excluding hydrogens is 246 g/mol. The van der Waals surface area contributed by atoms with Gasteiger partial charge in [-0.05, 0) is 37.6 Å². The van der Waals surface area contributed by atoms with Gasteiger partial charge in [0.2, 0.25) is 0 Å². The highest BCUT2D eigenvalue weighted by atomic mass is 16.6. The van der Waals surface area contributed by atoms with Gasteiger partial charge in [-0.2, -0.15) is 0 Å². The number of carbonyl (C=O) groups is 1.